The number of hydrogen-bond acceptors (Lipinski definition) is 7. The zero-order chi connectivity index (χ0) is 23.6. The number of likely N-dealkylation sites (tertiary alicyclic amines) is 1. The molecule has 0 aliphatic carbocycles. The smallest absolute Gasteiger partial charge is 0.244 e. The van der Waals surface area contributed by atoms with Gasteiger partial charge in [0.2, 0.25) is 26.0 Å². The highest BCUT2D eigenvalue weighted by molar-refractivity contribution is 7.94. The number of ether oxygens (including phenoxy) is 1. The van der Waals surface area contributed by atoms with Crippen LogP contribution in [-0.4, -0.2) is 60.1 Å². The van der Waals surface area contributed by atoms with Gasteiger partial charge in [-0.25, -0.2) is 25.9 Å². The van der Waals surface area contributed by atoms with Gasteiger partial charge in [-0.15, -0.1) is 0 Å². The Kier molecular flexibility index (Phi) is 6.76. The number of methoxy groups -OCH3 is 1. The fourth-order valence-corrected chi connectivity index (χ4v) is 7.00. The van der Waals surface area contributed by atoms with Crippen molar-refractivity contribution in [3.63, 3.8) is 0 Å². The number of nitrogens with zero attached hydrogens (tertiary/aromatic N) is 2. The average molecular weight is 494 g/mol. The minimum atomic E-state index is -4.08. The van der Waals surface area contributed by atoms with E-state index in [1.165, 1.54) is 25.3 Å². The zero-order valence-corrected chi connectivity index (χ0v) is 19.9. The number of rotatable bonds is 8. The van der Waals surface area contributed by atoms with Crippen molar-refractivity contribution in [1.82, 2.24) is 9.62 Å². The Morgan fingerprint density at radius 2 is 1.79 bits per heavy atom. The Morgan fingerprint density at radius 1 is 1.09 bits per heavy atom. The highest BCUT2D eigenvalue weighted by Crippen LogP contribution is 2.33. The van der Waals surface area contributed by atoms with E-state index in [4.69, 9.17) is 4.74 Å². The van der Waals surface area contributed by atoms with Crippen molar-refractivity contribution in [1.29, 1.82) is 0 Å². The van der Waals surface area contributed by atoms with E-state index in [2.05, 4.69) is 9.62 Å². The quantitative estimate of drug-likeness (QED) is 0.597. The first kappa shape index (κ1) is 23.7. The minimum absolute atomic E-state index is 0.0159. The predicted molar refractivity (Wildman–Crippen MR) is 124 cm³/mol. The summed E-state index contributed by atoms with van der Waals surface area (Å²) in [5, 5.41) is 0. The van der Waals surface area contributed by atoms with Gasteiger partial charge >= 0.3 is 0 Å². The maximum atomic E-state index is 13.3. The van der Waals surface area contributed by atoms with E-state index in [1.807, 2.05) is 30.3 Å². The lowest BCUT2D eigenvalue weighted by Gasteiger charge is -2.28. The highest BCUT2D eigenvalue weighted by Gasteiger charge is 2.37. The minimum Gasteiger partial charge on any atom is -0.495 e. The van der Waals surface area contributed by atoms with Gasteiger partial charge in [0, 0.05) is 19.0 Å². The standard InChI is InChI=1S/C22H27N3O6S2/c1-31-20-10-9-18(25-22(26)11-14-32(25,27)28)15-21(20)33(29,30)23-16-19(24-12-5-6-13-24)17-7-3-2-4-8-17/h2-4,7-10,15,19,23H,5-6,11-14,16H2,1H3/t19-/m1/s1. The van der Waals surface area contributed by atoms with E-state index < -0.39 is 26.0 Å². The molecule has 1 atom stereocenters. The van der Waals surface area contributed by atoms with E-state index in [1.54, 1.807) is 0 Å². The molecule has 2 heterocycles. The van der Waals surface area contributed by atoms with Crippen molar-refractivity contribution in [3.05, 3.63) is 54.1 Å². The normalized spacial score (nSPS) is 19.7. The third kappa shape index (κ3) is 4.91. The summed E-state index contributed by atoms with van der Waals surface area (Å²) in [6.07, 6.45) is 1.98. The van der Waals surface area contributed by atoms with E-state index in [9.17, 15) is 21.6 Å². The van der Waals surface area contributed by atoms with Crippen LogP contribution in [0.1, 0.15) is 30.9 Å². The molecular formula is C22H27N3O6S2. The number of nitrogens with one attached hydrogen (secondary N) is 1. The van der Waals surface area contributed by atoms with Crippen LogP contribution in [0, 0.1) is 0 Å². The SMILES string of the molecule is COc1ccc(N2C(=O)CCS2(=O)=O)cc1S(=O)(=O)NC[C@H](c1ccccc1)N1CCCC1. The number of sulfonamides is 2. The first-order valence-electron chi connectivity index (χ1n) is 10.8. The molecule has 33 heavy (non-hydrogen) atoms. The van der Waals surface area contributed by atoms with Gasteiger partial charge in [-0.1, -0.05) is 30.3 Å². The molecule has 1 amide bonds. The molecule has 11 heteroatoms. The third-order valence-electron chi connectivity index (χ3n) is 5.98. The molecule has 0 spiro atoms. The van der Waals surface area contributed by atoms with E-state index >= 15 is 0 Å². The van der Waals surface area contributed by atoms with Gasteiger partial charge in [-0.3, -0.25) is 9.69 Å². The molecule has 2 fully saturated rings. The van der Waals surface area contributed by atoms with Crippen molar-refractivity contribution < 1.29 is 26.4 Å². The molecule has 2 saturated heterocycles. The van der Waals surface area contributed by atoms with Crippen LogP contribution in [0.15, 0.2) is 53.4 Å². The molecule has 0 saturated carbocycles. The molecule has 2 aliphatic rings. The van der Waals surface area contributed by atoms with Crippen LogP contribution in [0.25, 0.3) is 0 Å². The summed E-state index contributed by atoms with van der Waals surface area (Å²) in [6.45, 7) is 1.91. The second-order valence-electron chi connectivity index (χ2n) is 8.08. The van der Waals surface area contributed by atoms with Crippen LogP contribution < -0.4 is 13.8 Å². The summed E-state index contributed by atoms with van der Waals surface area (Å²) in [6, 6.07) is 13.5. The topological polar surface area (TPSA) is 113 Å². The monoisotopic (exact) mass is 493 g/mol. The summed E-state index contributed by atoms with van der Waals surface area (Å²) < 4.78 is 59.8. The molecule has 4 rings (SSSR count). The molecule has 178 valence electrons. The first-order chi connectivity index (χ1) is 15.7. The predicted octanol–water partition coefficient (Wildman–Crippen LogP) is 1.88. The van der Waals surface area contributed by atoms with E-state index in [0.717, 1.165) is 31.5 Å². The molecule has 0 bridgehead atoms. The number of amides is 1. The van der Waals surface area contributed by atoms with Gasteiger partial charge in [-0.05, 0) is 49.7 Å². The average Bonchev–Trinajstić information content (AvgIpc) is 3.42. The summed E-state index contributed by atoms with van der Waals surface area (Å²) in [4.78, 5) is 14.2. The van der Waals surface area contributed by atoms with Crippen LogP contribution in [-0.2, 0) is 24.8 Å². The summed E-state index contributed by atoms with van der Waals surface area (Å²) in [5.41, 5.74) is 0.995. The van der Waals surface area contributed by atoms with Crippen LogP contribution in [0.2, 0.25) is 0 Å². The van der Waals surface area contributed by atoms with Crippen LogP contribution in [0.5, 0.6) is 5.75 Å². The van der Waals surface area contributed by atoms with Gasteiger partial charge in [0.05, 0.1) is 18.6 Å². The molecule has 2 aromatic rings. The number of benzene rings is 2. The Bertz CT molecular complexity index is 1230. The summed E-state index contributed by atoms with van der Waals surface area (Å²) in [7, 11) is -6.56. The first-order valence-corrected chi connectivity index (χ1v) is 13.8. The van der Waals surface area contributed by atoms with Crippen LogP contribution >= 0.6 is 0 Å². The third-order valence-corrected chi connectivity index (χ3v) is 9.12. The van der Waals surface area contributed by atoms with Gasteiger partial charge in [0.1, 0.15) is 10.6 Å². The highest BCUT2D eigenvalue weighted by atomic mass is 32.2. The largest absolute Gasteiger partial charge is 0.495 e. The molecule has 2 aromatic carbocycles. The molecule has 1 N–H and O–H groups in total. The van der Waals surface area contributed by atoms with Crippen LogP contribution in [0.3, 0.4) is 0 Å². The summed E-state index contributed by atoms with van der Waals surface area (Å²) in [5.74, 6) is -0.824. The Hall–Kier alpha value is -2.47. The number of carbonyl (C=O) groups excluding carboxylic acids is 1. The van der Waals surface area contributed by atoms with E-state index in [-0.39, 0.29) is 41.1 Å². The number of carbonyl (C=O) groups is 1. The molecule has 2 aliphatic heterocycles. The van der Waals surface area contributed by atoms with E-state index in [0.29, 0.717) is 4.31 Å². The Labute approximate surface area is 194 Å². The second-order valence-corrected chi connectivity index (χ2v) is 11.8. The number of hydrogen-bond donors (Lipinski definition) is 1. The second kappa shape index (κ2) is 9.41. The molecule has 0 aromatic heterocycles. The van der Waals surface area contributed by atoms with Crippen molar-refractivity contribution >= 4 is 31.6 Å². The van der Waals surface area contributed by atoms with Gasteiger partial charge in [0.15, 0.2) is 0 Å². The fourth-order valence-electron chi connectivity index (χ4n) is 4.32. The lowest BCUT2D eigenvalue weighted by molar-refractivity contribution is -0.116. The summed E-state index contributed by atoms with van der Waals surface area (Å²) >= 11 is 0. The molecule has 0 radical (unpaired) electrons. The lowest BCUT2D eigenvalue weighted by Crippen LogP contribution is -2.37. The molecule has 0 unspecified atom stereocenters. The Morgan fingerprint density at radius 3 is 2.39 bits per heavy atom. The van der Waals surface area contributed by atoms with Gasteiger partial charge in [-0.2, -0.15) is 0 Å². The van der Waals surface area contributed by atoms with Crippen LogP contribution in [0.4, 0.5) is 5.69 Å². The maximum Gasteiger partial charge on any atom is 0.244 e. The zero-order valence-electron chi connectivity index (χ0n) is 18.3. The maximum absolute atomic E-state index is 13.3. The van der Waals surface area contributed by atoms with Crippen molar-refractivity contribution in [2.75, 3.05) is 36.8 Å². The Balaban J connectivity index is 1.64. The van der Waals surface area contributed by atoms with Crippen molar-refractivity contribution in [2.24, 2.45) is 0 Å². The lowest BCUT2D eigenvalue weighted by atomic mass is 10.1. The number of anilines is 1. The van der Waals surface area contributed by atoms with Crippen molar-refractivity contribution in [2.45, 2.75) is 30.2 Å². The van der Waals surface area contributed by atoms with Crippen molar-refractivity contribution in [3.8, 4) is 5.75 Å². The molecule has 9 nitrogen and oxygen atoms in total. The molecular weight excluding hydrogens is 466 g/mol. The van der Waals surface area contributed by atoms with Gasteiger partial charge < -0.3 is 4.74 Å². The fraction of sp³-hybridized carbons (Fsp3) is 0.409. The van der Waals surface area contributed by atoms with Gasteiger partial charge in [0.25, 0.3) is 0 Å².